The normalized spacial score (nSPS) is 10.8. The van der Waals surface area contributed by atoms with Gasteiger partial charge in [0.25, 0.3) is 0 Å². The Labute approximate surface area is 148 Å². The topological polar surface area (TPSA) is 89.6 Å². The molecule has 0 saturated heterocycles. The minimum absolute atomic E-state index is 0.538. The van der Waals surface area contributed by atoms with Crippen LogP contribution in [0, 0.1) is 0 Å². The van der Waals surface area contributed by atoms with E-state index in [9.17, 15) is 0 Å². The minimum atomic E-state index is 0.538. The molecule has 4 aromatic rings. The smallest absolute Gasteiger partial charge is 0.163 e. The molecule has 122 valence electrons. The summed E-state index contributed by atoms with van der Waals surface area (Å²) in [5.74, 6) is 1.20. The third kappa shape index (κ3) is 3.20. The highest BCUT2D eigenvalue weighted by atomic mass is 35.5. The van der Waals surface area contributed by atoms with Gasteiger partial charge >= 0.3 is 0 Å². The third-order valence-corrected chi connectivity index (χ3v) is 3.89. The van der Waals surface area contributed by atoms with Crippen LogP contribution in [0.25, 0.3) is 22.3 Å². The van der Waals surface area contributed by atoms with Crippen molar-refractivity contribution in [2.75, 3.05) is 11.1 Å². The molecule has 0 aliphatic heterocycles. The van der Waals surface area contributed by atoms with Crippen molar-refractivity contribution >= 4 is 39.7 Å². The average Bonchev–Trinajstić information content (AvgIpc) is 2.62. The number of rotatable bonds is 3. The van der Waals surface area contributed by atoms with Crippen molar-refractivity contribution in [3.05, 3.63) is 65.9 Å². The number of aromatic nitrogens is 4. The van der Waals surface area contributed by atoms with Gasteiger partial charge in [0.05, 0.1) is 17.9 Å². The summed E-state index contributed by atoms with van der Waals surface area (Å²) in [6, 6.07) is 14.8. The molecule has 0 spiro atoms. The molecule has 25 heavy (non-hydrogen) atoms. The van der Waals surface area contributed by atoms with Crippen molar-refractivity contribution in [2.45, 2.75) is 0 Å². The predicted molar refractivity (Wildman–Crippen MR) is 99.7 cm³/mol. The number of anilines is 3. The van der Waals surface area contributed by atoms with E-state index in [1.807, 2.05) is 42.5 Å². The van der Waals surface area contributed by atoms with Gasteiger partial charge < -0.3 is 11.1 Å². The van der Waals surface area contributed by atoms with Crippen LogP contribution in [0.3, 0.4) is 0 Å². The van der Waals surface area contributed by atoms with Crippen molar-refractivity contribution in [3.63, 3.8) is 0 Å². The average molecular weight is 349 g/mol. The van der Waals surface area contributed by atoms with E-state index in [0.717, 1.165) is 22.2 Å². The molecule has 0 fully saturated rings. The van der Waals surface area contributed by atoms with E-state index in [1.54, 1.807) is 18.5 Å². The SMILES string of the molecule is Nc1cccc(Nc2nc(-c3ccnnc3)nc3cc(Cl)ccc23)c1. The van der Waals surface area contributed by atoms with Crippen LogP contribution < -0.4 is 11.1 Å². The molecular formula is C18H13ClN6. The first-order valence-corrected chi connectivity index (χ1v) is 7.94. The van der Waals surface area contributed by atoms with Crippen molar-refractivity contribution in [2.24, 2.45) is 0 Å². The van der Waals surface area contributed by atoms with Gasteiger partial charge in [0.1, 0.15) is 5.82 Å². The first kappa shape index (κ1) is 15.3. The summed E-state index contributed by atoms with van der Waals surface area (Å²) < 4.78 is 0. The van der Waals surface area contributed by atoms with Crippen molar-refractivity contribution in [1.82, 2.24) is 20.2 Å². The van der Waals surface area contributed by atoms with Crippen molar-refractivity contribution in [1.29, 1.82) is 0 Å². The summed E-state index contributed by atoms with van der Waals surface area (Å²) in [6.45, 7) is 0. The highest BCUT2D eigenvalue weighted by Gasteiger charge is 2.11. The van der Waals surface area contributed by atoms with E-state index in [2.05, 4.69) is 25.5 Å². The Kier molecular flexibility index (Phi) is 3.87. The monoisotopic (exact) mass is 348 g/mol. The van der Waals surface area contributed by atoms with Gasteiger partial charge in [-0.3, -0.25) is 0 Å². The maximum Gasteiger partial charge on any atom is 0.163 e. The lowest BCUT2D eigenvalue weighted by Gasteiger charge is -2.11. The number of fused-ring (bicyclic) bond motifs is 1. The fraction of sp³-hybridized carbons (Fsp3) is 0. The summed E-state index contributed by atoms with van der Waals surface area (Å²) >= 11 is 6.13. The second-order valence-corrected chi connectivity index (χ2v) is 5.88. The number of nitrogens with one attached hydrogen (secondary N) is 1. The molecule has 2 aromatic carbocycles. The maximum absolute atomic E-state index is 6.13. The molecule has 0 radical (unpaired) electrons. The summed E-state index contributed by atoms with van der Waals surface area (Å²) in [7, 11) is 0. The van der Waals surface area contributed by atoms with Crippen LogP contribution in [0.2, 0.25) is 5.02 Å². The number of hydrogen-bond acceptors (Lipinski definition) is 6. The maximum atomic E-state index is 6.13. The zero-order valence-electron chi connectivity index (χ0n) is 13.0. The molecule has 0 bridgehead atoms. The summed E-state index contributed by atoms with van der Waals surface area (Å²) in [6.07, 6.45) is 3.22. The number of hydrogen-bond donors (Lipinski definition) is 2. The van der Waals surface area contributed by atoms with Gasteiger partial charge in [-0.05, 0) is 42.5 Å². The van der Waals surface area contributed by atoms with Crippen LogP contribution in [-0.2, 0) is 0 Å². The van der Waals surface area contributed by atoms with E-state index >= 15 is 0 Å². The largest absolute Gasteiger partial charge is 0.399 e. The van der Waals surface area contributed by atoms with E-state index in [4.69, 9.17) is 17.3 Å². The summed E-state index contributed by atoms with van der Waals surface area (Å²) in [4.78, 5) is 9.25. The Hall–Kier alpha value is -3.25. The summed E-state index contributed by atoms with van der Waals surface area (Å²) in [5.41, 5.74) is 8.88. The Bertz CT molecular complexity index is 1050. The van der Waals surface area contributed by atoms with Crippen LogP contribution in [0.1, 0.15) is 0 Å². The summed E-state index contributed by atoms with van der Waals surface area (Å²) in [5, 5.41) is 12.5. The van der Waals surface area contributed by atoms with Gasteiger partial charge in [-0.15, -0.1) is 0 Å². The second-order valence-electron chi connectivity index (χ2n) is 5.44. The van der Waals surface area contributed by atoms with Gasteiger partial charge in [0.15, 0.2) is 5.82 Å². The zero-order valence-corrected chi connectivity index (χ0v) is 13.8. The lowest BCUT2D eigenvalue weighted by molar-refractivity contribution is 1.03. The fourth-order valence-corrected chi connectivity index (χ4v) is 2.67. The molecule has 7 heteroatoms. The highest BCUT2D eigenvalue weighted by molar-refractivity contribution is 6.31. The molecule has 0 saturated carbocycles. The lowest BCUT2D eigenvalue weighted by Crippen LogP contribution is -2.00. The first-order valence-electron chi connectivity index (χ1n) is 7.56. The predicted octanol–water partition coefficient (Wildman–Crippen LogP) is 4.07. The highest BCUT2D eigenvalue weighted by Crippen LogP contribution is 2.29. The standard InChI is InChI=1S/C18H13ClN6/c19-12-4-5-15-16(8-12)24-17(11-6-7-21-22-10-11)25-18(15)23-14-3-1-2-13(20)9-14/h1-10H,20H2,(H,23,24,25). The molecule has 2 heterocycles. The van der Waals surface area contributed by atoms with Crippen molar-refractivity contribution < 1.29 is 0 Å². The molecule has 6 nitrogen and oxygen atoms in total. The zero-order chi connectivity index (χ0) is 17.2. The third-order valence-electron chi connectivity index (χ3n) is 3.65. The Balaban J connectivity index is 1.89. The van der Waals surface area contributed by atoms with Gasteiger partial charge in [0.2, 0.25) is 0 Å². The van der Waals surface area contributed by atoms with E-state index < -0.39 is 0 Å². The van der Waals surface area contributed by atoms with Crippen LogP contribution in [-0.4, -0.2) is 20.2 Å². The van der Waals surface area contributed by atoms with Crippen LogP contribution in [0.4, 0.5) is 17.2 Å². The molecule has 0 unspecified atom stereocenters. The first-order chi connectivity index (χ1) is 12.2. The molecular weight excluding hydrogens is 336 g/mol. The molecule has 0 amide bonds. The Morgan fingerprint density at radius 2 is 1.88 bits per heavy atom. The molecule has 0 atom stereocenters. The molecule has 4 rings (SSSR count). The fourth-order valence-electron chi connectivity index (χ4n) is 2.50. The number of nitrogens with two attached hydrogens (primary N) is 1. The van der Waals surface area contributed by atoms with Gasteiger partial charge in [0, 0.05) is 27.3 Å². The van der Waals surface area contributed by atoms with E-state index in [1.165, 1.54) is 0 Å². The van der Waals surface area contributed by atoms with Gasteiger partial charge in [-0.1, -0.05) is 17.7 Å². The number of nitrogen functional groups attached to an aromatic ring is 1. The quantitative estimate of drug-likeness (QED) is 0.542. The van der Waals surface area contributed by atoms with Gasteiger partial charge in [-0.25, -0.2) is 9.97 Å². The van der Waals surface area contributed by atoms with E-state index in [-0.39, 0.29) is 0 Å². The number of halogens is 1. The second kappa shape index (κ2) is 6.33. The minimum Gasteiger partial charge on any atom is -0.399 e. The molecule has 2 aromatic heterocycles. The van der Waals surface area contributed by atoms with Crippen LogP contribution in [0.5, 0.6) is 0 Å². The lowest BCUT2D eigenvalue weighted by atomic mass is 10.2. The Morgan fingerprint density at radius 3 is 2.68 bits per heavy atom. The molecule has 3 N–H and O–H groups in total. The Morgan fingerprint density at radius 1 is 0.960 bits per heavy atom. The van der Waals surface area contributed by atoms with Gasteiger partial charge in [-0.2, -0.15) is 10.2 Å². The van der Waals surface area contributed by atoms with Crippen LogP contribution in [0.15, 0.2) is 60.9 Å². The molecule has 0 aliphatic rings. The number of benzene rings is 2. The van der Waals surface area contributed by atoms with E-state index in [0.29, 0.717) is 22.4 Å². The number of nitrogens with zero attached hydrogens (tertiary/aromatic N) is 4. The van der Waals surface area contributed by atoms with Crippen molar-refractivity contribution in [3.8, 4) is 11.4 Å². The molecule has 0 aliphatic carbocycles. The van der Waals surface area contributed by atoms with Crippen LogP contribution >= 0.6 is 11.6 Å².